The summed E-state index contributed by atoms with van der Waals surface area (Å²) in [6, 6.07) is 7.85. The third-order valence-corrected chi connectivity index (χ3v) is 6.84. The lowest BCUT2D eigenvalue weighted by molar-refractivity contribution is -0.135. The molecule has 1 aliphatic heterocycles. The van der Waals surface area contributed by atoms with Crippen molar-refractivity contribution in [1.29, 1.82) is 0 Å². The fourth-order valence-electron chi connectivity index (χ4n) is 6.00. The van der Waals surface area contributed by atoms with Crippen molar-refractivity contribution in [2.75, 3.05) is 13.2 Å². The van der Waals surface area contributed by atoms with Gasteiger partial charge in [-0.1, -0.05) is 45.9 Å². The topological polar surface area (TPSA) is 59.5 Å². The summed E-state index contributed by atoms with van der Waals surface area (Å²) in [7, 11) is 0. The second-order valence-corrected chi connectivity index (χ2v) is 10.2. The first-order valence-electron chi connectivity index (χ1n) is 11.0. The number of hydrogen-bond acceptors (Lipinski definition) is 4. The minimum absolute atomic E-state index is 0.0819. The second-order valence-electron chi connectivity index (χ2n) is 10.2. The summed E-state index contributed by atoms with van der Waals surface area (Å²) in [6.07, 6.45) is 3.92. The van der Waals surface area contributed by atoms with Gasteiger partial charge in [-0.25, -0.2) is 4.79 Å². The zero-order valence-electron chi connectivity index (χ0n) is 18.7. The van der Waals surface area contributed by atoms with Gasteiger partial charge in [-0.2, -0.15) is 0 Å². The number of aromatic nitrogens is 1. The zero-order valence-corrected chi connectivity index (χ0v) is 18.7. The molecule has 0 N–H and O–H groups in total. The summed E-state index contributed by atoms with van der Waals surface area (Å²) in [4.78, 5) is 32.6. The van der Waals surface area contributed by atoms with Crippen molar-refractivity contribution in [1.82, 2.24) is 9.88 Å². The van der Waals surface area contributed by atoms with Crippen molar-refractivity contribution >= 4 is 22.8 Å². The Hall–Kier alpha value is -2.43. The van der Waals surface area contributed by atoms with E-state index in [1.807, 2.05) is 43.0 Å². The van der Waals surface area contributed by atoms with Crippen LogP contribution >= 0.6 is 0 Å². The van der Waals surface area contributed by atoms with Gasteiger partial charge in [0, 0.05) is 23.7 Å². The molecule has 0 unspecified atom stereocenters. The molecular weight excluding hydrogens is 376 g/mol. The number of carbonyl (C=O) groups excluding carboxylic acids is 2. The Morgan fingerprint density at radius 1 is 1.20 bits per heavy atom. The Bertz CT molecular complexity index is 1010. The van der Waals surface area contributed by atoms with Crippen LogP contribution in [-0.4, -0.2) is 41.0 Å². The molecule has 2 fully saturated rings. The van der Waals surface area contributed by atoms with Crippen LogP contribution in [0.4, 0.5) is 0 Å². The molecule has 0 spiro atoms. The van der Waals surface area contributed by atoms with E-state index >= 15 is 0 Å². The number of nitrogens with zero attached hydrogens (tertiary/aromatic N) is 2. The summed E-state index contributed by atoms with van der Waals surface area (Å²) in [5, 5.41) is 0.774. The van der Waals surface area contributed by atoms with Crippen LogP contribution in [0.25, 0.3) is 10.9 Å². The Balaban J connectivity index is 1.52. The highest BCUT2D eigenvalue weighted by atomic mass is 16.5. The maximum absolute atomic E-state index is 13.0. The average Bonchev–Trinajstić information content (AvgIpc) is 2.94. The van der Waals surface area contributed by atoms with Crippen molar-refractivity contribution in [2.45, 2.75) is 66.3 Å². The lowest BCUT2D eigenvalue weighted by atomic mass is 9.65. The van der Waals surface area contributed by atoms with Gasteiger partial charge in [0.25, 0.3) is 5.91 Å². The molecule has 160 valence electrons. The van der Waals surface area contributed by atoms with E-state index in [2.05, 4.69) is 25.8 Å². The SMILES string of the molecule is CCc1nc2ccccc2c(C(=O)OCC(=O)N2C[C@]3(C)C[C@H]2CC(C)(C)C3)c1C. The van der Waals surface area contributed by atoms with Gasteiger partial charge in [0.05, 0.1) is 11.1 Å². The lowest BCUT2D eigenvalue weighted by Crippen LogP contribution is -2.39. The molecular formula is C25H32N2O3. The number of benzene rings is 1. The maximum atomic E-state index is 13.0. The fourth-order valence-corrected chi connectivity index (χ4v) is 6.00. The predicted octanol–water partition coefficient (Wildman–Crippen LogP) is 4.69. The molecule has 2 aromatic rings. The molecule has 30 heavy (non-hydrogen) atoms. The monoisotopic (exact) mass is 408 g/mol. The van der Waals surface area contributed by atoms with E-state index in [4.69, 9.17) is 4.74 Å². The molecule has 2 atom stereocenters. The molecule has 2 heterocycles. The van der Waals surface area contributed by atoms with Crippen molar-refractivity contribution < 1.29 is 14.3 Å². The molecule has 0 radical (unpaired) electrons. The van der Waals surface area contributed by atoms with E-state index in [9.17, 15) is 9.59 Å². The Labute approximate surface area is 178 Å². The molecule has 1 aliphatic carbocycles. The first kappa shape index (κ1) is 20.8. The molecule has 5 heteroatoms. The molecule has 1 saturated heterocycles. The number of ether oxygens (including phenoxy) is 1. The van der Waals surface area contributed by atoms with Crippen molar-refractivity contribution in [2.24, 2.45) is 10.8 Å². The number of para-hydroxylation sites is 1. The number of hydrogen-bond donors (Lipinski definition) is 0. The summed E-state index contributed by atoms with van der Waals surface area (Å²) in [5.74, 6) is -0.524. The fraction of sp³-hybridized carbons (Fsp3) is 0.560. The average molecular weight is 409 g/mol. The van der Waals surface area contributed by atoms with Gasteiger partial charge in [-0.3, -0.25) is 9.78 Å². The highest BCUT2D eigenvalue weighted by Gasteiger charge is 2.50. The number of aryl methyl sites for hydroxylation is 1. The first-order valence-corrected chi connectivity index (χ1v) is 11.0. The Kier molecular flexibility index (Phi) is 5.11. The van der Waals surface area contributed by atoms with Gasteiger partial charge >= 0.3 is 5.97 Å². The second kappa shape index (κ2) is 7.36. The van der Waals surface area contributed by atoms with Crippen LogP contribution < -0.4 is 0 Å². The quantitative estimate of drug-likeness (QED) is 0.689. The third-order valence-electron chi connectivity index (χ3n) is 6.84. The van der Waals surface area contributed by atoms with E-state index in [0.717, 1.165) is 54.4 Å². The van der Waals surface area contributed by atoms with E-state index in [1.165, 1.54) is 0 Å². The number of carbonyl (C=O) groups is 2. The van der Waals surface area contributed by atoms with Crippen molar-refractivity contribution in [3.05, 3.63) is 41.1 Å². The molecule has 2 aliphatic rings. The zero-order chi connectivity index (χ0) is 21.7. The number of amides is 1. The maximum Gasteiger partial charge on any atom is 0.339 e. The van der Waals surface area contributed by atoms with Gasteiger partial charge in [-0.15, -0.1) is 0 Å². The van der Waals surface area contributed by atoms with Gasteiger partial charge in [-0.05, 0) is 55.1 Å². The number of pyridine rings is 1. The molecule has 2 bridgehead atoms. The molecule has 1 aromatic heterocycles. The van der Waals surface area contributed by atoms with Crippen LogP contribution in [0.1, 0.15) is 68.6 Å². The van der Waals surface area contributed by atoms with Crippen LogP contribution in [-0.2, 0) is 16.0 Å². The minimum atomic E-state index is -0.442. The molecule has 1 saturated carbocycles. The van der Waals surface area contributed by atoms with E-state index in [-0.39, 0.29) is 29.4 Å². The molecule has 4 rings (SSSR count). The minimum Gasteiger partial charge on any atom is -0.452 e. The van der Waals surface area contributed by atoms with Crippen LogP contribution in [0, 0.1) is 17.8 Å². The van der Waals surface area contributed by atoms with Gasteiger partial charge in [0.2, 0.25) is 0 Å². The summed E-state index contributed by atoms with van der Waals surface area (Å²) >= 11 is 0. The first-order chi connectivity index (χ1) is 14.1. The van der Waals surface area contributed by atoms with E-state index in [1.54, 1.807) is 0 Å². The molecule has 1 aromatic carbocycles. The highest BCUT2D eigenvalue weighted by Crippen LogP contribution is 2.52. The van der Waals surface area contributed by atoms with Crippen LogP contribution in [0.5, 0.6) is 0 Å². The van der Waals surface area contributed by atoms with E-state index in [0.29, 0.717) is 5.56 Å². The van der Waals surface area contributed by atoms with Crippen LogP contribution in [0.15, 0.2) is 24.3 Å². The smallest absolute Gasteiger partial charge is 0.339 e. The summed E-state index contributed by atoms with van der Waals surface area (Å²) < 4.78 is 5.57. The van der Waals surface area contributed by atoms with Gasteiger partial charge < -0.3 is 9.64 Å². The van der Waals surface area contributed by atoms with Crippen LogP contribution in [0.3, 0.4) is 0 Å². The lowest BCUT2D eigenvalue weighted by Gasteiger charge is -2.39. The van der Waals surface area contributed by atoms with Crippen LogP contribution in [0.2, 0.25) is 0 Å². The molecule has 1 amide bonds. The summed E-state index contributed by atoms with van der Waals surface area (Å²) in [5.41, 5.74) is 3.43. The predicted molar refractivity (Wildman–Crippen MR) is 117 cm³/mol. The molecule has 5 nitrogen and oxygen atoms in total. The van der Waals surface area contributed by atoms with Gasteiger partial charge in [0.15, 0.2) is 6.61 Å². The number of rotatable bonds is 4. The standard InChI is InChI=1S/C25H32N2O3/c1-6-19-16(2)22(18-9-7-8-10-20(18)26-19)23(29)30-13-21(28)27-15-25(5)12-17(27)11-24(3,4)14-25/h7-10,17H,6,11-15H2,1-5H3/t17-,25-/m1/s1. The van der Waals surface area contributed by atoms with Crippen molar-refractivity contribution in [3.8, 4) is 0 Å². The number of likely N-dealkylation sites (tertiary alicyclic amines) is 1. The Morgan fingerprint density at radius 2 is 1.93 bits per heavy atom. The third kappa shape index (κ3) is 3.70. The largest absolute Gasteiger partial charge is 0.452 e. The van der Waals surface area contributed by atoms with E-state index < -0.39 is 5.97 Å². The normalized spacial score (nSPS) is 24.8. The van der Waals surface area contributed by atoms with Gasteiger partial charge in [0.1, 0.15) is 0 Å². The van der Waals surface area contributed by atoms with Crippen molar-refractivity contribution in [3.63, 3.8) is 0 Å². The highest BCUT2D eigenvalue weighted by molar-refractivity contribution is 6.05. The Morgan fingerprint density at radius 3 is 2.67 bits per heavy atom. The summed E-state index contributed by atoms with van der Waals surface area (Å²) in [6.45, 7) is 11.3. The number of esters is 1. The number of fused-ring (bicyclic) bond motifs is 3.